The zero-order chi connectivity index (χ0) is 17.7. The lowest BCUT2D eigenvalue weighted by atomic mass is 9.95. The van der Waals surface area contributed by atoms with Gasteiger partial charge in [0.25, 0.3) is 0 Å². The average Bonchev–Trinajstić information content (AvgIpc) is 2.92. The van der Waals surface area contributed by atoms with E-state index in [9.17, 15) is 9.90 Å². The Morgan fingerprint density at radius 1 is 0.808 bits per heavy atom. The molecule has 3 nitrogen and oxygen atoms in total. The molecule has 0 saturated heterocycles. The number of hydrogen-bond acceptors (Lipinski definition) is 2. The molecular formula is C23H14O3. The Hall–Kier alpha value is -3.59. The fourth-order valence-corrected chi connectivity index (χ4v) is 3.71. The van der Waals surface area contributed by atoms with Gasteiger partial charge >= 0.3 is 5.97 Å². The highest BCUT2D eigenvalue weighted by Gasteiger charge is 2.09. The van der Waals surface area contributed by atoms with Crippen LogP contribution in [0.5, 0.6) is 0 Å². The van der Waals surface area contributed by atoms with Crippen molar-refractivity contribution < 1.29 is 14.6 Å². The SMILES string of the molecule is O=C(O)c1ccc2ccc3c4ccc5c(c4ccc3c2c1)=CC=COC=5. The minimum atomic E-state index is -0.910. The van der Waals surface area contributed by atoms with Crippen LogP contribution in [-0.2, 0) is 4.74 Å². The molecular weight excluding hydrogens is 324 g/mol. The Bertz CT molecular complexity index is 1380. The summed E-state index contributed by atoms with van der Waals surface area (Å²) in [5.41, 5.74) is 0.303. The zero-order valence-electron chi connectivity index (χ0n) is 13.8. The van der Waals surface area contributed by atoms with Crippen molar-refractivity contribution in [2.24, 2.45) is 0 Å². The van der Waals surface area contributed by atoms with Crippen LogP contribution in [0.3, 0.4) is 0 Å². The maximum atomic E-state index is 11.4. The third kappa shape index (κ3) is 2.11. The van der Waals surface area contributed by atoms with Gasteiger partial charge in [0, 0.05) is 5.22 Å². The molecule has 0 fully saturated rings. The molecule has 0 aromatic heterocycles. The highest BCUT2D eigenvalue weighted by Crippen LogP contribution is 2.30. The molecule has 0 atom stereocenters. The summed E-state index contributed by atoms with van der Waals surface area (Å²) in [6.07, 6.45) is 7.36. The van der Waals surface area contributed by atoms with Crippen LogP contribution < -0.4 is 10.4 Å². The molecule has 3 heteroatoms. The van der Waals surface area contributed by atoms with E-state index in [-0.39, 0.29) is 0 Å². The van der Waals surface area contributed by atoms with Crippen molar-refractivity contribution in [1.29, 1.82) is 0 Å². The minimum absolute atomic E-state index is 0.303. The number of carboxylic acids is 1. The van der Waals surface area contributed by atoms with Gasteiger partial charge in [-0.15, -0.1) is 0 Å². The molecule has 4 aromatic carbocycles. The Kier molecular flexibility index (Phi) is 3.09. The fourth-order valence-electron chi connectivity index (χ4n) is 3.71. The number of ether oxygens (including phenoxy) is 1. The molecule has 0 radical (unpaired) electrons. The zero-order valence-corrected chi connectivity index (χ0v) is 13.8. The largest absolute Gasteiger partial charge is 0.478 e. The quantitative estimate of drug-likeness (QED) is 0.535. The first kappa shape index (κ1) is 14.7. The second-order valence-corrected chi connectivity index (χ2v) is 6.38. The molecule has 26 heavy (non-hydrogen) atoms. The highest BCUT2D eigenvalue weighted by atomic mass is 16.5. The van der Waals surface area contributed by atoms with Gasteiger partial charge in [-0.05, 0) is 55.7 Å². The summed E-state index contributed by atoms with van der Waals surface area (Å²) in [6, 6.07) is 17.8. The van der Waals surface area contributed by atoms with E-state index in [0.717, 1.165) is 42.8 Å². The summed E-state index contributed by atoms with van der Waals surface area (Å²) >= 11 is 0. The number of rotatable bonds is 1. The topological polar surface area (TPSA) is 46.5 Å². The van der Waals surface area contributed by atoms with E-state index in [1.807, 2.05) is 18.2 Å². The third-order valence-electron chi connectivity index (χ3n) is 4.95. The lowest BCUT2D eigenvalue weighted by Gasteiger charge is -2.09. The fraction of sp³-hybridized carbons (Fsp3) is 0. The molecule has 1 aliphatic rings. The molecule has 0 aliphatic carbocycles. The molecule has 0 saturated carbocycles. The summed E-state index contributed by atoms with van der Waals surface area (Å²) in [6.45, 7) is 0. The van der Waals surface area contributed by atoms with Crippen LogP contribution in [0.15, 0.2) is 66.9 Å². The van der Waals surface area contributed by atoms with Gasteiger partial charge in [-0.2, -0.15) is 0 Å². The molecule has 0 bridgehead atoms. The van der Waals surface area contributed by atoms with Crippen LogP contribution in [0.25, 0.3) is 44.7 Å². The van der Waals surface area contributed by atoms with Crippen LogP contribution in [0, 0.1) is 0 Å². The molecule has 4 aromatic rings. The Morgan fingerprint density at radius 2 is 1.50 bits per heavy atom. The van der Waals surface area contributed by atoms with Crippen LogP contribution in [0.1, 0.15) is 10.4 Å². The number of carbonyl (C=O) groups is 1. The number of carboxylic acid groups (broad SMARTS) is 1. The second-order valence-electron chi connectivity index (χ2n) is 6.38. The second kappa shape index (κ2) is 5.46. The van der Waals surface area contributed by atoms with Crippen LogP contribution in [0.2, 0.25) is 0 Å². The van der Waals surface area contributed by atoms with E-state index >= 15 is 0 Å². The molecule has 1 N–H and O–H groups in total. The lowest BCUT2D eigenvalue weighted by Crippen LogP contribution is -2.24. The first-order valence-corrected chi connectivity index (χ1v) is 8.36. The van der Waals surface area contributed by atoms with E-state index in [2.05, 4.69) is 36.4 Å². The third-order valence-corrected chi connectivity index (χ3v) is 4.95. The van der Waals surface area contributed by atoms with Gasteiger partial charge in [0.1, 0.15) is 0 Å². The van der Waals surface area contributed by atoms with Crippen molar-refractivity contribution >= 4 is 50.6 Å². The summed E-state index contributed by atoms with van der Waals surface area (Å²) in [4.78, 5) is 11.4. The van der Waals surface area contributed by atoms with Gasteiger partial charge in [-0.3, -0.25) is 0 Å². The summed E-state index contributed by atoms with van der Waals surface area (Å²) in [5.74, 6) is -0.910. The van der Waals surface area contributed by atoms with E-state index in [0.29, 0.717) is 5.56 Å². The lowest BCUT2D eigenvalue weighted by molar-refractivity contribution is 0.0697. The normalized spacial score (nSPS) is 12.9. The van der Waals surface area contributed by atoms with Crippen molar-refractivity contribution in [1.82, 2.24) is 0 Å². The minimum Gasteiger partial charge on any atom is -0.478 e. The summed E-state index contributed by atoms with van der Waals surface area (Å²) < 4.78 is 5.36. The van der Waals surface area contributed by atoms with Crippen molar-refractivity contribution in [3.8, 4) is 0 Å². The number of hydrogen-bond donors (Lipinski definition) is 1. The van der Waals surface area contributed by atoms with Crippen molar-refractivity contribution in [2.75, 3.05) is 0 Å². The predicted octanol–water partition coefficient (Wildman–Crippen LogP) is 3.91. The molecule has 1 heterocycles. The smallest absolute Gasteiger partial charge is 0.335 e. The Morgan fingerprint density at radius 3 is 2.38 bits per heavy atom. The molecule has 0 spiro atoms. The molecule has 124 valence electrons. The monoisotopic (exact) mass is 338 g/mol. The Balaban J connectivity index is 1.95. The van der Waals surface area contributed by atoms with Crippen molar-refractivity contribution in [2.45, 2.75) is 0 Å². The predicted molar refractivity (Wildman–Crippen MR) is 104 cm³/mol. The summed E-state index contributed by atoms with van der Waals surface area (Å²) in [7, 11) is 0. The maximum absolute atomic E-state index is 11.4. The van der Waals surface area contributed by atoms with Gasteiger partial charge in [-0.25, -0.2) is 4.79 Å². The van der Waals surface area contributed by atoms with Crippen molar-refractivity contribution in [3.63, 3.8) is 0 Å². The number of fused-ring (bicyclic) bond motifs is 7. The van der Waals surface area contributed by atoms with Gasteiger partial charge in [-0.1, -0.05) is 48.5 Å². The van der Waals surface area contributed by atoms with E-state index < -0.39 is 5.97 Å². The molecule has 0 unspecified atom stereocenters. The van der Waals surface area contributed by atoms with Gasteiger partial charge in [0.15, 0.2) is 0 Å². The van der Waals surface area contributed by atoms with Gasteiger partial charge in [0.05, 0.1) is 18.1 Å². The molecule has 5 rings (SSSR count). The van der Waals surface area contributed by atoms with Gasteiger partial charge < -0.3 is 9.84 Å². The number of benzene rings is 4. The maximum Gasteiger partial charge on any atom is 0.335 e. The molecule has 1 aliphatic heterocycles. The van der Waals surface area contributed by atoms with E-state index in [4.69, 9.17) is 4.74 Å². The summed E-state index contributed by atoms with van der Waals surface area (Å²) in [5, 5.41) is 17.9. The standard InChI is InChI=1S/C23H14O3/c24-23(25)15-4-3-14-5-7-20-19-8-6-16-13-26-11-1-2-17(16)18(19)9-10-21(20)22(14)12-15/h1-13H,(H,24,25). The average molecular weight is 338 g/mol. The highest BCUT2D eigenvalue weighted by molar-refractivity contribution is 6.18. The van der Waals surface area contributed by atoms with Crippen LogP contribution in [0.4, 0.5) is 0 Å². The Labute approximate surface area is 148 Å². The van der Waals surface area contributed by atoms with Crippen LogP contribution >= 0.6 is 0 Å². The molecule has 0 amide bonds. The first-order valence-electron chi connectivity index (χ1n) is 8.36. The first-order chi connectivity index (χ1) is 12.7. The number of allylic oxidation sites excluding steroid dienone is 1. The van der Waals surface area contributed by atoms with Gasteiger partial charge in [0.2, 0.25) is 0 Å². The van der Waals surface area contributed by atoms with E-state index in [1.165, 1.54) is 0 Å². The van der Waals surface area contributed by atoms with E-state index in [1.54, 1.807) is 24.7 Å². The van der Waals surface area contributed by atoms with Crippen molar-refractivity contribution in [3.05, 3.63) is 82.9 Å². The van der Waals surface area contributed by atoms with Crippen LogP contribution in [-0.4, -0.2) is 11.1 Å². The number of aromatic carboxylic acids is 1.